The molecule has 7 nitrogen and oxygen atoms in total. The highest BCUT2D eigenvalue weighted by atomic mass is 32.1. The van der Waals surface area contributed by atoms with Gasteiger partial charge < -0.3 is 14.2 Å². The summed E-state index contributed by atoms with van der Waals surface area (Å²) in [5.41, 5.74) is 1.29. The van der Waals surface area contributed by atoms with Crippen LogP contribution in [0, 0.1) is 0 Å². The molecule has 0 aliphatic carbocycles. The molecule has 1 atom stereocenters. The number of thiophene rings is 1. The van der Waals surface area contributed by atoms with Gasteiger partial charge in [-0.15, -0.1) is 11.3 Å². The maximum absolute atomic E-state index is 13.4. The van der Waals surface area contributed by atoms with Crippen molar-refractivity contribution in [1.29, 1.82) is 0 Å². The minimum Gasteiger partial charge on any atom is -0.493 e. The molecule has 0 N–H and O–H groups in total. The predicted octanol–water partition coefficient (Wildman–Crippen LogP) is 2.49. The van der Waals surface area contributed by atoms with Crippen LogP contribution in [0.3, 0.4) is 0 Å². The molecule has 1 aromatic carbocycles. The van der Waals surface area contributed by atoms with Crippen LogP contribution in [0.15, 0.2) is 56.8 Å². The van der Waals surface area contributed by atoms with E-state index in [1.807, 2.05) is 29.7 Å². The van der Waals surface area contributed by atoms with Gasteiger partial charge in [0.05, 0.1) is 43.2 Å². The van der Waals surface area contributed by atoms with Crippen LogP contribution in [0.2, 0.25) is 0 Å². The third-order valence-electron chi connectivity index (χ3n) is 4.97. The predicted molar refractivity (Wildman–Crippen MR) is 120 cm³/mol. The Morgan fingerprint density at radius 3 is 2.58 bits per heavy atom. The van der Waals surface area contributed by atoms with Gasteiger partial charge in [-0.05, 0) is 42.1 Å². The summed E-state index contributed by atoms with van der Waals surface area (Å²) in [7, 11) is 4.40. The first-order chi connectivity index (χ1) is 15.0. The Bertz CT molecular complexity index is 1350. The lowest BCUT2D eigenvalue weighted by atomic mass is 9.95. The molecule has 0 amide bonds. The number of carbonyl (C=O) groups is 1. The Kier molecular flexibility index (Phi) is 5.79. The summed E-state index contributed by atoms with van der Waals surface area (Å²) < 4.78 is 17.9. The number of nitrogens with zero attached hydrogens (tertiary/aromatic N) is 2. The van der Waals surface area contributed by atoms with E-state index in [0.717, 1.165) is 4.88 Å². The minimum atomic E-state index is -0.700. The molecule has 3 aromatic rings. The fourth-order valence-electron chi connectivity index (χ4n) is 3.53. The van der Waals surface area contributed by atoms with E-state index in [4.69, 9.17) is 14.2 Å². The number of ether oxygens (including phenoxy) is 3. The highest BCUT2D eigenvalue weighted by molar-refractivity contribution is 7.11. The standard InChI is InChI=1S/C22H20N2O5S2/c1-12-18(21(26)29-4)19(13-7-8-15(27-2)16(10-13)28-3)24-20(25)17(31-22(24)23-12)11-14-6-5-9-30-14/h5-11,19H,1-4H3/b17-11+/t19-/m1/s1. The van der Waals surface area contributed by atoms with E-state index in [1.165, 1.54) is 25.6 Å². The monoisotopic (exact) mass is 456 g/mol. The number of aromatic nitrogens is 1. The Balaban J connectivity index is 1.99. The van der Waals surface area contributed by atoms with E-state index in [-0.39, 0.29) is 5.56 Å². The highest BCUT2D eigenvalue weighted by Crippen LogP contribution is 2.35. The van der Waals surface area contributed by atoms with Crippen molar-refractivity contribution in [2.45, 2.75) is 13.0 Å². The summed E-state index contributed by atoms with van der Waals surface area (Å²) in [6, 6.07) is 8.50. The molecule has 1 aliphatic heterocycles. The second-order valence-electron chi connectivity index (χ2n) is 6.70. The number of hydrogen-bond acceptors (Lipinski definition) is 8. The molecule has 160 valence electrons. The highest BCUT2D eigenvalue weighted by Gasteiger charge is 2.33. The van der Waals surface area contributed by atoms with Crippen molar-refractivity contribution in [3.8, 4) is 11.5 Å². The number of thiazole rings is 1. The molecule has 0 spiro atoms. The number of benzene rings is 1. The maximum Gasteiger partial charge on any atom is 0.338 e. The Morgan fingerprint density at radius 1 is 1.16 bits per heavy atom. The summed E-state index contributed by atoms with van der Waals surface area (Å²) in [6.07, 6.45) is 1.84. The quantitative estimate of drug-likeness (QED) is 0.551. The maximum atomic E-state index is 13.4. The minimum absolute atomic E-state index is 0.217. The zero-order chi connectivity index (χ0) is 22.1. The van der Waals surface area contributed by atoms with E-state index >= 15 is 0 Å². The number of esters is 1. The third kappa shape index (κ3) is 3.70. The average Bonchev–Trinajstić information content (AvgIpc) is 3.40. The molecular formula is C22H20N2O5S2. The van der Waals surface area contributed by atoms with Gasteiger partial charge in [0.2, 0.25) is 0 Å². The molecule has 0 fully saturated rings. The van der Waals surface area contributed by atoms with E-state index in [1.54, 1.807) is 42.1 Å². The van der Waals surface area contributed by atoms with Gasteiger partial charge >= 0.3 is 5.97 Å². The molecule has 0 radical (unpaired) electrons. The fourth-order valence-corrected chi connectivity index (χ4v) is 5.30. The third-order valence-corrected chi connectivity index (χ3v) is 6.77. The lowest BCUT2D eigenvalue weighted by Crippen LogP contribution is -2.39. The van der Waals surface area contributed by atoms with Crippen LogP contribution >= 0.6 is 22.7 Å². The van der Waals surface area contributed by atoms with Crippen LogP contribution in [0.4, 0.5) is 0 Å². The first-order valence-electron chi connectivity index (χ1n) is 9.34. The second kappa shape index (κ2) is 8.52. The van der Waals surface area contributed by atoms with Gasteiger partial charge in [0.15, 0.2) is 16.3 Å². The number of hydrogen-bond donors (Lipinski definition) is 0. The fraction of sp³-hybridized carbons (Fsp3) is 0.227. The largest absolute Gasteiger partial charge is 0.493 e. The lowest BCUT2D eigenvalue weighted by Gasteiger charge is -2.25. The molecular weight excluding hydrogens is 436 g/mol. The molecule has 0 saturated carbocycles. The number of fused-ring (bicyclic) bond motifs is 1. The summed E-state index contributed by atoms with van der Waals surface area (Å²) in [5.74, 6) is 0.518. The van der Waals surface area contributed by atoms with Gasteiger partial charge in [-0.25, -0.2) is 9.79 Å². The van der Waals surface area contributed by atoms with Crippen LogP contribution < -0.4 is 24.4 Å². The topological polar surface area (TPSA) is 79.1 Å². The second-order valence-corrected chi connectivity index (χ2v) is 8.69. The Hall–Kier alpha value is -3.17. The van der Waals surface area contributed by atoms with Gasteiger partial charge in [-0.3, -0.25) is 9.36 Å². The molecule has 9 heteroatoms. The van der Waals surface area contributed by atoms with Crippen LogP contribution in [-0.4, -0.2) is 31.9 Å². The molecule has 2 aromatic heterocycles. The van der Waals surface area contributed by atoms with Gasteiger partial charge in [-0.1, -0.05) is 23.5 Å². The van der Waals surface area contributed by atoms with E-state index in [2.05, 4.69) is 4.99 Å². The van der Waals surface area contributed by atoms with Crippen LogP contribution in [0.25, 0.3) is 6.08 Å². The van der Waals surface area contributed by atoms with E-state index in [9.17, 15) is 9.59 Å². The smallest absolute Gasteiger partial charge is 0.338 e. The molecule has 0 unspecified atom stereocenters. The summed E-state index contributed by atoms with van der Waals surface area (Å²) in [4.78, 5) is 32.2. The molecule has 4 rings (SSSR count). The molecule has 0 bridgehead atoms. The average molecular weight is 457 g/mol. The van der Waals surface area contributed by atoms with Crippen molar-refractivity contribution >= 4 is 34.7 Å². The zero-order valence-electron chi connectivity index (χ0n) is 17.4. The molecule has 31 heavy (non-hydrogen) atoms. The van der Waals surface area contributed by atoms with Gasteiger partial charge in [0.25, 0.3) is 5.56 Å². The van der Waals surface area contributed by atoms with Crippen molar-refractivity contribution in [2.24, 2.45) is 4.99 Å². The first kappa shape index (κ1) is 21.1. The molecule has 0 saturated heterocycles. The van der Waals surface area contributed by atoms with Gasteiger partial charge in [0, 0.05) is 4.88 Å². The van der Waals surface area contributed by atoms with Crippen LogP contribution in [0.1, 0.15) is 23.4 Å². The molecule has 3 heterocycles. The summed E-state index contributed by atoms with van der Waals surface area (Å²) in [6.45, 7) is 1.75. The van der Waals surface area contributed by atoms with Gasteiger partial charge in [-0.2, -0.15) is 0 Å². The van der Waals surface area contributed by atoms with Crippen molar-refractivity contribution in [1.82, 2.24) is 4.57 Å². The normalized spacial score (nSPS) is 16.0. The van der Waals surface area contributed by atoms with Crippen molar-refractivity contribution < 1.29 is 19.0 Å². The number of rotatable bonds is 5. The molecule has 1 aliphatic rings. The number of allylic oxidation sites excluding steroid dienone is 1. The number of methoxy groups -OCH3 is 3. The van der Waals surface area contributed by atoms with Crippen molar-refractivity contribution in [3.05, 3.63) is 77.1 Å². The van der Waals surface area contributed by atoms with Gasteiger partial charge in [0.1, 0.15) is 0 Å². The van der Waals surface area contributed by atoms with Crippen LogP contribution in [0.5, 0.6) is 11.5 Å². The SMILES string of the molecule is COC(=O)C1=C(C)N=c2s/c(=C/c3cccs3)c(=O)n2[C@@H]1c1ccc(OC)c(OC)c1. The van der Waals surface area contributed by atoms with Crippen LogP contribution in [-0.2, 0) is 9.53 Å². The van der Waals surface area contributed by atoms with E-state index in [0.29, 0.717) is 37.7 Å². The summed E-state index contributed by atoms with van der Waals surface area (Å²) in [5, 5.41) is 1.95. The lowest BCUT2D eigenvalue weighted by molar-refractivity contribution is -0.136. The Labute approximate surface area is 186 Å². The first-order valence-corrected chi connectivity index (χ1v) is 11.0. The van der Waals surface area contributed by atoms with Crippen molar-refractivity contribution in [3.63, 3.8) is 0 Å². The summed E-state index contributed by atoms with van der Waals surface area (Å²) >= 11 is 2.84. The zero-order valence-corrected chi connectivity index (χ0v) is 19.0. The number of carbonyl (C=O) groups excluding carboxylic acids is 1. The van der Waals surface area contributed by atoms with E-state index < -0.39 is 12.0 Å². The Morgan fingerprint density at radius 2 is 1.94 bits per heavy atom. The van der Waals surface area contributed by atoms with Crippen molar-refractivity contribution in [2.75, 3.05) is 21.3 Å².